The van der Waals surface area contributed by atoms with Crippen molar-refractivity contribution in [1.29, 1.82) is 0 Å². The van der Waals surface area contributed by atoms with Gasteiger partial charge in [-0.2, -0.15) is 0 Å². The molecule has 1 aromatic heterocycles. The third kappa shape index (κ3) is 4.99. The van der Waals surface area contributed by atoms with Crippen LogP contribution in [-0.4, -0.2) is 53.5 Å². The first-order chi connectivity index (χ1) is 15.3. The number of Topliss-reactive ketones (excluding diaryl/α,β-unsaturated/α-hetero) is 1. The number of nitrogens with zero attached hydrogens (tertiary/aromatic N) is 2. The van der Waals surface area contributed by atoms with Gasteiger partial charge in [-0.05, 0) is 54.7 Å². The lowest BCUT2D eigenvalue weighted by Crippen LogP contribution is -2.31. The summed E-state index contributed by atoms with van der Waals surface area (Å²) in [5.74, 6) is -0.452. The number of aliphatic hydroxyl groups excluding tert-OH is 1. The summed E-state index contributed by atoms with van der Waals surface area (Å²) in [6.45, 7) is 7.34. The van der Waals surface area contributed by atoms with Crippen LogP contribution < -0.4 is 4.74 Å². The minimum absolute atomic E-state index is 0.0689. The largest absolute Gasteiger partial charge is 0.507 e. The van der Waals surface area contributed by atoms with Crippen molar-refractivity contribution in [2.24, 2.45) is 5.92 Å². The summed E-state index contributed by atoms with van der Waals surface area (Å²) in [7, 11) is 1.59. The number of benzene rings is 1. The molecular formula is C25H30N2O5. The van der Waals surface area contributed by atoms with Crippen molar-refractivity contribution >= 4 is 17.4 Å². The lowest BCUT2D eigenvalue weighted by molar-refractivity contribution is -0.140. The Bertz CT molecular complexity index is 1000. The predicted octanol–water partition coefficient (Wildman–Crippen LogP) is 3.88. The highest BCUT2D eigenvalue weighted by Gasteiger charge is 2.46. The third-order valence-electron chi connectivity index (χ3n) is 5.32. The van der Waals surface area contributed by atoms with Crippen molar-refractivity contribution in [2.75, 3.05) is 26.9 Å². The second-order valence-electron chi connectivity index (χ2n) is 8.31. The molecule has 1 atom stereocenters. The first-order valence-electron chi connectivity index (χ1n) is 10.8. The van der Waals surface area contributed by atoms with Crippen molar-refractivity contribution in [3.8, 4) is 5.75 Å². The zero-order valence-electron chi connectivity index (χ0n) is 19.0. The van der Waals surface area contributed by atoms with Gasteiger partial charge in [0.25, 0.3) is 11.7 Å². The highest BCUT2D eigenvalue weighted by atomic mass is 16.5. The number of ketones is 1. The molecule has 2 aromatic rings. The normalized spacial score (nSPS) is 17.9. The van der Waals surface area contributed by atoms with Crippen molar-refractivity contribution in [2.45, 2.75) is 33.2 Å². The average Bonchev–Trinajstić information content (AvgIpc) is 3.03. The number of carbonyl (C=O) groups excluding carboxylic acids is 2. The maximum atomic E-state index is 13.0. The molecule has 3 rings (SSSR count). The van der Waals surface area contributed by atoms with E-state index < -0.39 is 17.7 Å². The SMILES string of the molecule is COCCCN1C(=O)C(=O)C(=C(O)c2ccc(OCC(C)C)cc2C)[C@H]1c1cccnc1. The Kier molecular flexibility index (Phi) is 7.64. The molecule has 1 saturated heterocycles. The van der Waals surface area contributed by atoms with Gasteiger partial charge in [0.05, 0.1) is 18.2 Å². The molecule has 2 heterocycles. The fourth-order valence-electron chi connectivity index (χ4n) is 3.77. The van der Waals surface area contributed by atoms with Gasteiger partial charge in [-0.15, -0.1) is 0 Å². The van der Waals surface area contributed by atoms with Gasteiger partial charge >= 0.3 is 0 Å². The molecule has 7 nitrogen and oxygen atoms in total. The van der Waals surface area contributed by atoms with E-state index in [0.29, 0.717) is 49.0 Å². The van der Waals surface area contributed by atoms with Crippen molar-refractivity contribution in [1.82, 2.24) is 9.88 Å². The Morgan fingerprint density at radius 1 is 1.25 bits per heavy atom. The molecule has 0 saturated carbocycles. The fraction of sp³-hybridized carbons (Fsp3) is 0.400. The van der Waals surface area contributed by atoms with Crippen LogP contribution in [0.5, 0.6) is 5.75 Å². The van der Waals surface area contributed by atoms with E-state index in [2.05, 4.69) is 18.8 Å². The number of likely N-dealkylation sites (tertiary alicyclic amines) is 1. The molecule has 170 valence electrons. The number of pyridine rings is 1. The van der Waals surface area contributed by atoms with Crippen LogP contribution in [-0.2, 0) is 14.3 Å². The molecule has 1 fully saturated rings. The number of methoxy groups -OCH3 is 1. The molecule has 32 heavy (non-hydrogen) atoms. The summed E-state index contributed by atoms with van der Waals surface area (Å²) >= 11 is 0. The highest BCUT2D eigenvalue weighted by molar-refractivity contribution is 6.46. The summed E-state index contributed by atoms with van der Waals surface area (Å²) in [6.07, 6.45) is 3.81. The summed E-state index contributed by atoms with van der Waals surface area (Å²) in [4.78, 5) is 31.5. The standard InChI is InChI=1S/C25H30N2O5/c1-16(2)15-32-19-8-9-20(17(3)13-19)23(28)21-22(18-7-5-10-26-14-18)27(11-6-12-31-4)25(30)24(21)29/h5,7-10,13-14,16,22,28H,6,11-12,15H2,1-4H3/t22-/m1/s1. The molecule has 1 aromatic carbocycles. The van der Waals surface area contributed by atoms with Gasteiger partial charge in [0.2, 0.25) is 0 Å². The highest BCUT2D eigenvalue weighted by Crippen LogP contribution is 2.40. The second kappa shape index (κ2) is 10.4. The number of aromatic nitrogens is 1. The van der Waals surface area contributed by atoms with Crippen LogP contribution in [0.2, 0.25) is 0 Å². The number of aryl methyl sites for hydroxylation is 1. The Balaban J connectivity index is 2.04. The molecule has 0 radical (unpaired) electrons. The minimum atomic E-state index is -0.711. The van der Waals surface area contributed by atoms with E-state index >= 15 is 0 Å². The van der Waals surface area contributed by atoms with E-state index in [1.165, 1.54) is 4.90 Å². The van der Waals surface area contributed by atoms with Gasteiger partial charge in [-0.3, -0.25) is 14.6 Å². The Morgan fingerprint density at radius 2 is 2.03 bits per heavy atom. The average molecular weight is 439 g/mol. The summed E-state index contributed by atoms with van der Waals surface area (Å²) in [6, 6.07) is 8.14. The molecule has 7 heteroatoms. The van der Waals surface area contributed by atoms with E-state index in [9.17, 15) is 14.7 Å². The van der Waals surface area contributed by atoms with Crippen molar-refractivity contribution < 1.29 is 24.2 Å². The topological polar surface area (TPSA) is 89.0 Å². The van der Waals surface area contributed by atoms with E-state index in [0.717, 1.165) is 5.56 Å². The summed E-state index contributed by atoms with van der Waals surface area (Å²) in [5.41, 5.74) is 1.98. The number of ether oxygens (including phenoxy) is 2. The van der Waals surface area contributed by atoms with Crippen LogP contribution in [0.1, 0.15) is 43.0 Å². The van der Waals surface area contributed by atoms with Gasteiger partial charge < -0.3 is 19.5 Å². The number of hydrogen-bond donors (Lipinski definition) is 1. The Hall–Kier alpha value is -3.19. The molecule has 1 aliphatic rings. The zero-order valence-corrected chi connectivity index (χ0v) is 19.0. The molecule has 1 aliphatic heterocycles. The monoisotopic (exact) mass is 438 g/mol. The molecule has 0 spiro atoms. The van der Waals surface area contributed by atoms with Crippen molar-refractivity contribution in [3.05, 3.63) is 65.0 Å². The van der Waals surface area contributed by atoms with Crippen LogP contribution >= 0.6 is 0 Å². The van der Waals surface area contributed by atoms with Gasteiger partial charge in [0, 0.05) is 38.2 Å². The lowest BCUT2D eigenvalue weighted by Gasteiger charge is -2.25. The molecule has 1 N–H and O–H groups in total. The van der Waals surface area contributed by atoms with Gasteiger partial charge in [0.15, 0.2) is 0 Å². The maximum absolute atomic E-state index is 13.0. The quantitative estimate of drug-likeness (QED) is 0.277. The predicted molar refractivity (Wildman–Crippen MR) is 121 cm³/mol. The number of hydrogen-bond acceptors (Lipinski definition) is 6. The first-order valence-corrected chi connectivity index (χ1v) is 10.8. The Labute approximate surface area is 188 Å². The maximum Gasteiger partial charge on any atom is 0.295 e. The Morgan fingerprint density at radius 3 is 2.66 bits per heavy atom. The molecular weight excluding hydrogens is 408 g/mol. The fourth-order valence-corrected chi connectivity index (χ4v) is 3.77. The van der Waals surface area contributed by atoms with E-state index in [-0.39, 0.29) is 11.3 Å². The van der Waals surface area contributed by atoms with Crippen LogP contribution in [0, 0.1) is 12.8 Å². The smallest absolute Gasteiger partial charge is 0.295 e. The molecule has 0 unspecified atom stereocenters. The van der Waals surface area contributed by atoms with Gasteiger partial charge in [0.1, 0.15) is 11.5 Å². The van der Waals surface area contributed by atoms with Gasteiger partial charge in [-0.1, -0.05) is 19.9 Å². The summed E-state index contributed by atoms with van der Waals surface area (Å²) < 4.78 is 10.9. The molecule has 0 bridgehead atoms. The first kappa shape index (κ1) is 23.5. The summed E-state index contributed by atoms with van der Waals surface area (Å²) in [5, 5.41) is 11.2. The number of rotatable bonds is 9. The molecule has 1 amide bonds. The second-order valence-corrected chi connectivity index (χ2v) is 8.31. The van der Waals surface area contributed by atoms with Crippen LogP contribution in [0.25, 0.3) is 5.76 Å². The number of carbonyl (C=O) groups is 2. The lowest BCUT2D eigenvalue weighted by atomic mass is 9.94. The molecule has 0 aliphatic carbocycles. The van der Waals surface area contributed by atoms with E-state index in [1.807, 2.05) is 13.0 Å². The van der Waals surface area contributed by atoms with Crippen LogP contribution in [0.4, 0.5) is 0 Å². The zero-order chi connectivity index (χ0) is 23.3. The van der Waals surface area contributed by atoms with Crippen molar-refractivity contribution in [3.63, 3.8) is 0 Å². The van der Waals surface area contributed by atoms with Gasteiger partial charge in [-0.25, -0.2) is 0 Å². The van der Waals surface area contributed by atoms with E-state index in [1.54, 1.807) is 43.8 Å². The van der Waals surface area contributed by atoms with Crippen LogP contribution in [0.15, 0.2) is 48.3 Å². The minimum Gasteiger partial charge on any atom is -0.507 e. The number of aliphatic hydroxyl groups is 1. The third-order valence-corrected chi connectivity index (χ3v) is 5.32. The number of amides is 1. The van der Waals surface area contributed by atoms with E-state index in [4.69, 9.17) is 9.47 Å². The van der Waals surface area contributed by atoms with Crippen LogP contribution in [0.3, 0.4) is 0 Å².